The number of carbonyl (C=O) groups excluding carboxylic acids is 3. The Morgan fingerprint density at radius 1 is 0.690 bits per heavy atom. The molecule has 0 saturated carbocycles. The van der Waals surface area contributed by atoms with Crippen LogP contribution in [0, 0.1) is 0 Å². The van der Waals surface area contributed by atoms with Crippen molar-refractivity contribution < 1.29 is 134 Å². The molecule has 0 heterocycles. The van der Waals surface area contributed by atoms with E-state index in [0.717, 1.165) is 23.3 Å². The van der Waals surface area contributed by atoms with E-state index in [-0.39, 0.29) is 117 Å². The number of aromatic carboxylic acids is 1. The van der Waals surface area contributed by atoms with E-state index in [0.29, 0.717) is 23.5 Å². The maximum Gasteiger partial charge on any atom is 1.00 e. The molecule has 278 valence electrons. The Hall–Kier alpha value is -4.13. The zero-order valence-corrected chi connectivity index (χ0v) is 38.3. The third-order valence-corrected chi connectivity index (χ3v) is 9.61. The molecular weight excluding hydrogens is 826 g/mol. The number of nitrogens with one attached hydrogen (secondary N) is 2. The second-order valence-corrected chi connectivity index (χ2v) is 14.2. The summed E-state index contributed by atoms with van der Waals surface area (Å²) in [6.07, 6.45) is 4.74. The molecule has 2 aliphatic carbocycles. The van der Waals surface area contributed by atoms with Crippen molar-refractivity contribution in [3.8, 4) is 11.1 Å². The first-order chi connectivity index (χ1) is 26.0. The Bertz CT molecular complexity index is 2720. The first-order valence-corrected chi connectivity index (χ1v) is 18.3. The molecule has 2 aliphatic rings. The number of nitrogens with two attached hydrogens (primary N) is 2. The number of hydrogen-bond donors (Lipinski definition) is 4. The molecule has 0 aliphatic heterocycles. The molecule has 0 spiro atoms. The van der Waals surface area contributed by atoms with Gasteiger partial charge in [-0.15, -0.1) is 5.11 Å². The Morgan fingerprint density at radius 3 is 1.78 bits per heavy atom. The summed E-state index contributed by atoms with van der Waals surface area (Å²) in [7, 11) is -10.8. The zero-order valence-electron chi connectivity index (χ0n) is 30.7. The minimum absolute atomic E-state index is 0. The van der Waals surface area contributed by atoms with Crippen LogP contribution in [-0.2, 0) is 25.0 Å². The average Bonchev–Trinajstić information content (AvgIpc) is 3.13. The Morgan fingerprint density at radius 2 is 1.24 bits per heavy atom. The Labute approximate surface area is 396 Å². The number of carbonyl (C=O) groups is 3. The van der Waals surface area contributed by atoms with Crippen LogP contribution in [0.4, 0.5) is 28.4 Å². The van der Waals surface area contributed by atoms with E-state index >= 15 is 0 Å². The molecule has 58 heavy (non-hydrogen) atoms. The number of hydrogen-bond acceptors (Lipinski definition) is 18. The molecule has 23 heteroatoms. The molecule has 18 nitrogen and oxygen atoms in total. The first-order valence-electron chi connectivity index (χ1n) is 15.5. The van der Waals surface area contributed by atoms with Gasteiger partial charge in [0.1, 0.15) is 37.3 Å². The van der Waals surface area contributed by atoms with E-state index in [4.69, 9.17) is 11.5 Å². The van der Waals surface area contributed by atoms with Crippen LogP contribution in [-0.4, -0.2) is 54.9 Å². The predicted molar refractivity (Wildman–Crippen MR) is 196 cm³/mol. The van der Waals surface area contributed by atoms with Gasteiger partial charge in [-0.25, -0.2) is 16.8 Å². The number of anilines is 3. The van der Waals surface area contributed by atoms with Gasteiger partial charge in [-0.1, -0.05) is 36.4 Å². The number of rotatable bonds is 10. The summed E-state index contributed by atoms with van der Waals surface area (Å²) in [6.45, 7) is 0. The van der Waals surface area contributed by atoms with Gasteiger partial charge in [0.15, 0.2) is 5.78 Å². The topological polar surface area (TPSA) is 314 Å². The number of benzene rings is 4. The van der Waals surface area contributed by atoms with Crippen LogP contribution in [0.5, 0.6) is 0 Å². The number of hydrazone groups is 2. The van der Waals surface area contributed by atoms with Crippen LogP contribution in [0.3, 0.4) is 0 Å². The standard InChI is InChI=1S/C35H26N8O10S2.3Na/c36-26-17-25(44)13-14-27(26)41-38-22-7-1-18(2-8-22)19-3-9-23(10-4-19)39-42-32-28(54(48,49)50)15-21-16-29(55(51,52)53)33(34(45)30(21)31(32)37)43-40-24-11-5-20(6-12-24)35(46)47;;;/h1-17,38,40H,36-37H2,(H,46,47)(H,48,49,50)(H,51,52,53);;;/q;3*+1/p-3/b41-27+,42-39?,43-33+;;;. The number of carboxylic acids is 1. The maximum atomic E-state index is 13.7. The zero-order chi connectivity index (χ0) is 39.7. The van der Waals surface area contributed by atoms with Crippen molar-refractivity contribution in [1.82, 2.24) is 0 Å². The molecule has 4 aromatic carbocycles. The maximum absolute atomic E-state index is 13.7. The molecule has 0 unspecified atom stereocenters. The van der Waals surface area contributed by atoms with E-state index in [1.54, 1.807) is 36.4 Å². The van der Waals surface area contributed by atoms with Crippen LogP contribution >= 0.6 is 0 Å². The molecule has 6 rings (SSSR count). The summed E-state index contributed by atoms with van der Waals surface area (Å²) in [5.74, 6) is -2.95. The van der Waals surface area contributed by atoms with Gasteiger partial charge in [0.2, 0.25) is 5.78 Å². The van der Waals surface area contributed by atoms with E-state index < -0.39 is 70.0 Å². The molecule has 0 amide bonds. The van der Waals surface area contributed by atoms with Crippen molar-refractivity contribution in [2.24, 2.45) is 26.2 Å². The largest absolute Gasteiger partial charge is 1.00 e. The summed E-state index contributed by atoms with van der Waals surface area (Å²) in [6, 6.07) is 18.9. The summed E-state index contributed by atoms with van der Waals surface area (Å²) in [5.41, 5.74) is 16.7. The minimum Gasteiger partial charge on any atom is -0.744 e. The van der Waals surface area contributed by atoms with Crippen LogP contribution in [0.1, 0.15) is 26.3 Å². The van der Waals surface area contributed by atoms with Gasteiger partial charge in [-0.05, 0) is 82.9 Å². The van der Waals surface area contributed by atoms with E-state index in [1.807, 2.05) is 0 Å². The Kier molecular flexibility index (Phi) is 16.4. The van der Waals surface area contributed by atoms with E-state index in [2.05, 4.69) is 31.3 Å². The van der Waals surface area contributed by atoms with Gasteiger partial charge in [0.05, 0.1) is 49.8 Å². The molecule has 0 fully saturated rings. The quantitative estimate of drug-likeness (QED) is 0.0289. The van der Waals surface area contributed by atoms with Gasteiger partial charge in [0, 0.05) is 6.08 Å². The van der Waals surface area contributed by atoms with Crippen LogP contribution in [0.2, 0.25) is 0 Å². The number of nitrogens with zero attached hydrogens (tertiary/aromatic N) is 4. The molecule has 6 N–H and O–H groups in total. The number of fused-ring (bicyclic) bond motifs is 1. The number of ketones is 2. The SMILES string of the molecule is NC1=CC(=O)C=C/C1=N\Nc1ccc(-c2ccc(N=Nc3c(S(=O)(=O)[O-])cc4c(c3N)C(=O)/C(=N/Nc3ccc(C(=O)[O-])cc3)C(S(=O)(=O)[O-])=C4)cc2)cc1.[Na+].[Na+].[Na+]. The normalized spacial score (nSPS) is 15.1. The third-order valence-electron chi connectivity index (χ3n) is 7.91. The van der Waals surface area contributed by atoms with Crippen LogP contribution in [0.25, 0.3) is 17.2 Å². The summed E-state index contributed by atoms with van der Waals surface area (Å²) in [4.78, 5) is 33.9. The van der Waals surface area contributed by atoms with Crippen LogP contribution in [0.15, 0.2) is 133 Å². The summed E-state index contributed by atoms with van der Waals surface area (Å²) in [5, 5.41) is 26.8. The van der Waals surface area contributed by atoms with Gasteiger partial charge < -0.3 is 30.5 Å². The molecule has 0 bridgehead atoms. The minimum atomic E-state index is -5.43. The predicted octanol–water partition coefficient (Wildman–Crippen LogP) is -6.07. The fourth-order valence-corrected chi connectivity index (χ4v) is 6.52. The molecule has 4 aromatic rings. The molecule has 0 atom stereocenters. The van der Waals surface area contributed by atoms with Gasteiger partial charge >= 0.3 is 88.7 Å². The van der Waals surface area contributed by atoms with Crippen LogP contribution < -0.4 is 116 Å². The molecule has 0 radical (unpaired) electrons. The smallest absolute Gasteiger partial charge is 0.744 e. The van der Waals surface area contributed by atoms with Crippen molar-refractivity contribution in [1.29, 1.82) is 0 Å². The summed E-state index contributed by atoms with van der Waals surface area (Å²) < 4.78 is 73.5. The number of allylic oxidation sites excluding steroid dienone is 4. The molecule has 0 saturated heterocycles. The first kappa shape index (κ1) is 48.2. The van der Waals surface area contributed by atoms with E-state index in [1.165, 1.54) is 42.5 Å². The fourth-order valence-electron chi connectivity index (χ4n) is 5.21. The fraction of sp³-hybridized carbons (Fsp3) is 0. The van der Waals surface area contributed by atoms with Crippen molar-refractivity contribution in [3.05, 3.63) is 124 Å². The number of Topliss-reactive ketones (excluding diaryl/α,β-unsaturated/α-hetero) is 1. The van der Waals surface area contributed by atoms with Crippen molar-refractivity contribution >= 4 is 83.7 Å². The van der Waals surface area contributed by atoms with Crippen molar-refractivity contribution in [3.63, 3.8) is 0 Å². The number of azo groups is 1. The number of carboxylic acid groups (broad SMARTS) is 1. The van der Waals surface area contributed by atoms with Crippen molar-refractivity contribution in [2.45, 2.75) is 4.90 Å². The second kappa shape index (κ2) is 19.7. The second-order valence-electron chi connectivity index (χ2n) is 11.6. The monoisotopic (exact) mass is 848 g/mol. The van der Waals surface area contributed by atoms with Gasteiger partial charge in [0.25, 0.3) is 0 Å². The molecular formula is C35H23N8Na3O10S2. The van der Waals surface area contributed by atoms with E-state index in [9.17, 15) is 45.4 Å². The third kappa shape index (κ3) is 11.1. The van der Waals surface area contributed by atoms with Gasteiger partial charge in [-0.2, -0.15) is 15.3 Å². The number of nitrogen functional groups attached to an aromatic ring is 1. The Balaban J connectivity index is 0.00000300. The average molecular weight is 849 g/mol. The van der Waals surface area contributed by atoms with Gasteiger partial charge in [-0.3, -0.25) is 20.4 Å². The summed E-state index contributed by atoms with van der Waals surface area (Å²) >= 11 is 0. The molecule has 0 aromatic heterocycles. The van der Waals surface area contributed by atoms with Crippen molar-refractivity contribution in [2.75, 3.05) is 16.6 Å².